The van der Waals surface area contributed by atoms with Crippen LogP contribution in [0.3, 0.4) is 0 Å². The summed E-state index contributed by atoms with van der Waals surface area (Å²) in [5.41, 5.74) is -0.0943. The normalized spacial score (nSPS) is 26.9. The molecule has 84 valence electrons. The summed E-state index contributed by atoms with van der Waals surface area (Å²) in [6.07, 6.45) is 11.2. The van der Waals surface area contributed by atoms with Crippen molar-refractivity contribution in [3.05, 3.63) is 0 Å². The van der Waals surface area contributed by atoms with E-state index in [0.29, 0.717) is 18.3 Å². The lowest BCUT2D eigenvalue weighted by Gasteiger charge is -2.32. The van der Waals surface area contributed by atoms with E-state index in [2.05, 4.69) is 0 Å². The minimum absolute atomic E-state index is 0.0943. The summed E-state index contributed by atoms with van der Waals surface area (Å²) < 4.78 is 0. The van der Waals surface area contributed by atoms with Crippen molar-refractivity contribution in [2.45, 2.75) is 51.4 Å². The van der Waals surface area contributed by atoms with Gasteiger partial charge >= 0.3 is 0 Å². The van der Waals surface area contributed by atoms with Crippen LogP contribution in [0.4, 0.5) is 0 Å². The Balaban J connectivity index is 2.04. The molecule has 2 aliphatic rings. The molecule has 0 aliphatic heterocycles. The van der Waals surface area contributed by atoms with Crippen molar-refractivity contribution >= 4 is 12.6 Å². The summed E-state index contributed by atoms with van der Waals surface area (Å²) in [6, 6.07) is 0. The minimum atomic E-state index is -0.0943. The van der Waals surface area contributed by atoms with E-state index in [1.807, 2.05) is 0 Å². The number of carbonyl (C=O) groups is 2. The van der Waals surface area contributed by atoms with Gasteiger partial charge in [-0.15, -0.1) is 0 Å². The number of hydrogen-bond acceptors (Lipinski definition) is 2. The first-order valence-electron chi connectivity index (χ1n) is 6.22. The first kappa shape index (κ1) is 10.8. The Bertz CT molecular complexity index is 237. The van der Waals surface area contributed by atoms with Crippen molar-refractivity contribution in [2.24, 2.45) is 17.3 Å². The van der Waals surface area contributed by atoms with Crippen LogP contribution in [0, 0.1) is 17.3 Å². The monoisotopic (exact) mass is 208 g/mol. The lowest BCUT2D eigenvalue weighted by atomic mass is 9.71. The van der Waals surface area contributed by atoms with Crippen molar-refractivity contribution in [2.75, 3.05) is 0 Å². The predicted molar refractivity (Wildman–Crippen MR) is 58.5 cm³/mol. The largest absolute Gasteiger partial charge is 0.303 e. The fourth-order valence-electron chi connectivity index (χ4n) is 3.26. The number of rotatable bonds is 5. The van der Waals surface area contributed by atoms with E-state index in [1.165, 1.54) is 32.1 Å². The molecular formula is C13H20O2. The molecule has 2 heteroatoms. The molecule has 0 N–H and O–H groups in total. The lowest BCUT2D eigenvalue weighted by molar-refractivity contribution is -0.116. The van der Waals surface area contributed by atoms with Crippen molar-refractivity contribution in [1.29, 1.82) is 0 Å². The molecule has 0 bridgehead atoms. The van der Waals surface area contributed by atoms with Gasteiger partial charge in [0, 0.05) is 11.8 Å². The molecule has 0 saturated heterocycles. The van der Waals surface area contributed by atoms with E-state index in [4.69, 9.17) is 0 Å². The van der Waals surface area contributed by atoms with Gasteiger partial charge in [0.25, 0.3) is 0 Å². The van der Waals surface area contributed by atoms with E-state index in [9.17, 15) is 9.59 Å². The number of carbonyl (C=O) groups excluding carboxylic acids is 2. The van der Waals surface area contributed by atoms with Gasteiger partial charge in [-0.05, 0) is 24.7 Å². The second kappa shape index (κ2) is 4.46. The zero-order valence-electron chi connectivity index (χ0n) is 9.28. The first-order valence-corrected chi connectivity index (χ1v) is 6.22. The molecule has 2 saturated carbocycles. The zero-order chi connectivity index (χ0) is 10.7. The van der Waals surface area contributed by atoms with Crippen molar-refractivity contribution in [3.63, 3.8) is 0 Å². The maximum atomic E-state index is 11.1. The fourth-order valence-corrected chi connectivity index (χ4v) is 3.26. The first-order chi connectivity index (χ1) is 7.32. The predicted octanol–water partition coefficient (Wildman–Crippen LogP) is 2.75. The highest BCUT2D eigenvalue weighted by Crippen LogP contribution is 2.55. The molecular weight excluding hydrogens is 188 g/mol. The summed E-state index contributed by atoms with van der Waals surface area (Å²) in [5.74, 6) is 0.990. The molecule has 0 amide bonds. The van der Waals surface area contributed by atoms with Gasteiger partial charge in [0.15, 0.2) is 0 Å². The molecule has 0 aromatic carbocycles. The molecule has 0 aromatic heterocycles. The van der Waals surface area contributed by atoms with Gasteiger partial charge in [-0.2, -0.15) is 0 Å². The van der Waals surface area contributed by atoms with E-state index in [-0.39, 0.29) is 5.41 Å². The molecule has 1 unspecified atom stereocenters. The molecule has 1 atom stereocenters. The number of hydrogen-bond donors (Lipinski definition) is 0. The van der Waals surface area contributed by atoms with E-state index < -0.39 is 0 Å². The van der Waals surface area contributed by atoms with Crippen LogP contribution < -0.4 is 0 Å². The third kappa shape index (κ3) is 2.14. The third-order valence-corrected chi connectivity index (χ3v) is 4.37. The topological polar surface area (TPSA) is 34.1 Å². The van der Waals surface area contributed by atoms with Crippen LogP contribution in [-0.4, -0.2) is 12.6 Å². The van der Waals surface area contributed by atoms with Crippen LogP contribution in [0.2, 0.25) is 0 Å². The second-order valence-corrected chi connectivity index (χ2v) is 5.26. The highest BCUT2D eigenvalue weighted by molar-refractivity contribution is 5.65. The molecule has 0 aromatic rings. The SMILES string of the molecule is O=CCC(C1CCCCC1)C1(C=O)CC1. The van der Waals surface area contributed by atoms with Crippen LogP contribution in [0.5, 0.6) is 0 Å². The molecule has 0 radical (unpaired) electrons. The van der Waals surface area contributed by atoms with Crippen LogP contribution in [0.25, 0.3) is 0 Å². The smallest absolute Gasteiger partial charge is 0.126 e. The Morgan fingerprint density at radius 3 is 2.27 bits per heavy atom. The van der Waals surface area contributed by atoms with E-state index >= 15 is 0 Å². The Labute approximate surface area is 91.4 Å². The summed E-state index contributed by atoms with van der Waals surface area (Å²) in [4.78, 5) is 21.9. The average molecular weight is 208 g/mol. The third-order valence-electron chi connectivity index (χ3n) is 4.37. The zero-order valence-corrected chi connectivity index (χ0v) is 9.28. The van der Waals surface area contributed by atoms with Gasteiger partial charge in [0.2, 0.25) is 0 Å². The summed E-state index contributed by atoms with van der Waals surface area (Å²) >= 11 is 0. The van der Waals surface area contributed by atoms with Crippen molar-refractivity contribution < 1.29 is 9.59 Å². The van der Waals surface area contributed by atoms with Gasteiger partial charge in [-0.25, -0.2) is 0 Å². The Morgan fingerprint density at radius 2 is 1.80 bits per heavy atom. The molecule has 0 heterocycles. The molecule has 2 fully saturated rings. The average Bonchev–Trinajstić information content (AvgIpc) is 3.08. The van der Waals surface area contributed by atoms with Crippen LogP contribution in [0.1, 0.15) is 51.4 Å². The van der Waals surface area contributed by atoms with Gasteiger partial charge in [0.1, 0.15) is 12.6 Å². The molecule has 2 aliphatic carbocycles. The Morgan fingerprint density at radius 1 is 1.13 bits per heavy atom. The second-order valence-electron chi connectivity index (χ2n) is 5.26. The Hall–Kier alpha value is -0.660. The number of aldehydes is 2. The molecule has 0 spiro atoms. The highest BCUT2D eigenvalue weighted by Gasteiger charge is 2.51. The summed E-state index contributed by atoms with van der Waals surface area (Å²) in [5, 5.41) is 0. The van der Waals surface area contributed by atoms with Crippen LogP contribution >= 0.6 is 0 Å². The van der Waals surface area contributed by atoms with Crippen molar-refractivity contribution in [1.82, 2.24) is 0 Å². The van der Waals surface area contributed by atoms with E-state index in [1.54, 1.807) is 0 Å². The quantitative estimate of drug-likeness (QED) is 0.651. The lowest BCUT2D eigenvalue weighted by Crippen LogP contribution is -2.28. The summed E-state index contributed by atoms with van der Waals surface area (Å²) in [7, 11) is 0. The minimum Gasteiger partial charge on any atom is -0.303 e. The summed E-state index contributed by atoms with van der Waals surface area (Å²) in [6.45, 7) is 0. The van der Waals surface area contributed by atoms with Gasteiger partial charge in [-0.3, -0.25) is 0 Å². The maximum absolute atomic E-state index is 11.1. The maximum Gasteiger partial charge on any atom is 0.126 e. The highest BCUT2D eigenvalue weighted by atomic mass is 16.1. The fraction of sp³-hybridized carbons (Fsp3) is 0.846. The standard InChI is InChI=1S/C13H20O2/c14-9-6-12(13(10-15)7-8-13)11-4-2-1-3-5-11/h9-12H,1-8H2. The molecule has 2 rings (SSSR count). The van der Waals surface area contributed by atoms with E-state index in [0.717, 1.165) is 25.4 Å². The van der Waals surface area contributed by atoms with Crippen molar-refractivity contribution in [3.8, 4) is 0 Å². The molecule has 15 heavy (non-hydrogen) atoms. The van der Waals surface area contributed by atoms with Gasteiger partial charge in [-0.1, -0.05) is 32.1 Å². The Kier molecular flexibility index (Phi) is 3.22. The van der Waals surface area contributed by atoms with Gasteiger partial charge < -0.3 is 9.59 Å². The van der Waals surface area contributed by atoms with Crippen LogP contribution in [-0.2, 0) is 9.59 Å². The van der Waals surface area contributed by atoms with Gasteiger partial charge in [0.05, 0.1) is 0 Å². The molecule has 2 nitrogen and oxygen atoms in total. The van der Waals surface area contributed by atoms with Crippen LogP contribution in [0.15, 0.2) is 0 Å².